The smallest absolute Gasteiger partial charge is 0.119 e. The largest absolute Gasteiger partial charge is 0.191 e. The second kappa shape index (κ2) is 4.23. The standard InChI is InChI=1S/C6H9BrCl4/c1-5(2,8)4(7)3-6(9,10)11/h4H,3H2,1-2H3. The number of hydrogen-bond acceptors (Lipinski definition) is 0. The fourth-order valence-corrected chi connectivity index (χ4v) is 2.03. The molecule has 0 aliphatic heterocycles. The first-order chi connectivity index (χ1) is 4.63. The third-order valence-electron chi connectivity index (χ3n) is 1.16. The molecule has 0 saturated heterocycles. The van der Waals surface area contributed by atoms with Gasteiger partial charge < -0.3 is 0 Å². The summed E-state index contributed by atoms with van der Waals surface area (Å²) in [4.78, 5) is -0.409. The van der Waals surface area contributed by atoms with Gasteiger partial charge in [-0.25, -0.2) is 0 Å². The van der Waals surface area contributed by atoms with E-state index in [2.05, 4.69) is 15.9 Å². The van der Waals surface area contributed by atoms with Crippen LogP contribution in [0, 0.1) is 0 Å². The SMILES string of the molecule is CC(C)(Cl)C(Br)CC(Cl)(Cl)Cl. The van der Waals surface area contributed by atoms with Crippen molar-refractivity contribution in [1.29, 1.82) is 0 Å². The van der Waals surface area contributed by atoms with Gasteiger partial charge in [-0.05, 0) is 13.8 Å². The van der Waals surface area contributed by atoms with Gasteiger partial charge in [-0.15, -0.1) is 11.6 Å². The molecule has 0 saturated carbocycles. The van der Waals surface area contributed by atoms with Gasteiger partial charge in [-0.1, -0.05) is 50.7 Å². The van der Waals surface area contributed by atoms with E-state index in [0.717, 1.165) is 0 Å². The minimum absolute atomic E-state index is 0.0100. The van der Waals surface area contributed by atoms with Crippen LogP contribution in [0.25, 0.3) is 0 Å². The molecule has 0 aromatic carbocycles. The van der Waals surface area contributed by atoms with Crippen molar-refractivity contribution in [3.63, 3.8) is 0 Å². The molecular weight excluding hydrogens is 294 g/mol. The van der Waals surface area contributed by atoms with Crippen molar-refractivity contribution in [2.75, 3.05) is 0 Å². The maximum atomic E-state index is 5.97. The van der Waals surface area contributed by atoms with Crippen LogP contribution in [0.5, 0.6) is 0 Å². The van der Waals surface area contributed by atoms with Crippen molar-refractivity contribution in [2.45, 2.75) is 33.8 Å². The van der Waals surface area contributed by atoms with Crippen LogP contribution >= 0.6 is 62.3 Å². The molecule has 0 aromatic rings. The average Bonchev–Trinajstić information content (AvgIpc) is 1.56. The summed E-state index contributed by atoms with van der Waals surface area (Å²) in [5.74, 6) is 0. The lowest BCUT2D eigenvalue weighted by Gasteiger charge is -2.25. The predicted octanol–water partition coefficient (Wildman–Crippen LogP) is 4.53. The summed E-state index contributed by atoms with van der Waals surface area (Å²) in [6.07, 6.45) is 0.397. The van der Waals surface area contributed by atoms with E-state index in [-0.39, 0.29) is 4.83 Å². The zero-order chi connectivity index (χ0) is 9.28. The summed E-state index contributed by atoms with van der Waals surface area (Å²) in [5.41, 5.74) is 0. The van der Waals surface area contributed by atoms with Gasteiger partial charge in [-0.3, -0.25) is 0 Å². The molecule has 11 heavy (non-hydrogen) atoms. The van der Waals surface area contributed by atoms with Gasteiger partial charge in [0.2, 0.25) is 0 Å². The van der Waals surface area contributed by atoms with E-state index in [9.17, 15) is 0 Å². The Labute approximate surface area is 95.6 Å². The van der Waals surface area contributed by atoms with Gasteiger partial charge in [0, 0.05) is 11.2 Å². The summed E-state index contributed by atoms with van der Waals surface area (Å²) in [6, 6.07) is 0. The van der Waals surface area contributed by atoms with Gasteiger partial charge in [0.1, 0.15) is 0 Å². The third-order valence-corrected chi connectivity index (χ3v) is 3.61. The molecule has 0 radical (unpaired) electrons. The number of rotatable bonds is 2. The Kier molecular flexibility index (Phi) is 4.87. The van der Waals surface area contributed by atoms with Crippen LogP contribution in [0.1, 0.15) is 20.3 Å². The Morgan fingerprint density at radius 2 is 1.55 bits per heavy atom. The first kappa shape index (κ1) is 12.6. The fraction of sp³-hybridized carbons (Fsp3) is 1.00. The maximum absolute atomic E-state index is 5.97. The highest BCUT2D eigenvalue weighted by atomic mass is 79.9. The van der Waals surface area contributed by atoms with Crippen LogP contribution < -0.4 is 0 Å². The maximum Gasteiger partial charge on any atom is 0.191 e. The van der Waals surface area contributed by atoms with Crippen molar-refractivity contribution in [3.8, 4) is 0 Å². The van der Waals surface area contributed by atoms with Gasteiger partial charge in [0.25, 0.3) is 0 Å². The highest BCUT2D eigenvalue weighted by molar-refractivity contribution is 9.09. The summed E-state index contributed by atoms with van der Waals surface area (Å²) >= 11 is 26.0. The molecular formula is C6H9BrCl4. The van der Waals surface area contributed by atoms with Crippen molar-refractivity contribution < 1.29 is 0 Å². The summed E-state index contributed by atoms with van der Waals surface area (Å²) < 4.78 is -1.24. The van der Waals surface area contributed by atoms with Crippen LogP contribution in [0.3, 0.4) is 0 Å². The normalized spacial score (nSPS) is 16.6. The first-order valence-electron chi connectivity index (χ1n) is 3.02. The minimum Gasteiger partial charge on any atom is -0.119 e. The Bertz CT molecular complexity index is 124. The summed E-state index contributed by atoms with van der Waals surface area (Å²) in [5, 5.41) is 0. The Balaban J connectivity index is 3.99. The van der Waals surface area contributed by atoms with Crippen molar-refractivity contribution in [2.24, 2.45) is 0 Å². The van der Waals surface area contributed by atoms with E-state index in [1.54, 1.807) is 0 Å². The van der Waals surface area contributed by atoms with Gasteiger partial charge in [0.15, 0.2) is 3.79 Å². The lowest BCUT2D eigenvalue weighted by atomic mass is 10.1. The molecule has 0 fully saturated rings. The second-order valence-corrected chi connectivity index (χ2v) is 7.45. The van der Waals surface area contributed by atoms with Crippen molar-refractivity contribution >= 4 is 62.3 Å². The Morgan fingerprint density at radius 3 is 1.64 bits per heavy atom. The molecule has 0 aliphatic carbocycles. The van der Waals surface area contributed by atoms with Crippen LogP contribution in [-0.4, -0.2) is 13.5 Å². The summed E-state index contributed by atoms with van der Waals surface area (Å²) in [7, 11) is 0. The van der Waals surface area contributed by atoms with Crippen LogP contribution in [0.2, 0.25) is 0 Å². The van der Waals surface area contributed by atoms with E-state index in [4.69, 9.17) is 46.4 Å². The van der Waals surface area contributed by atoms with Crippen LogP contribution in [0.15, 0.2) is 0 Å². The van der Waals surface area contributed by atoms with E-state index in [1.165, 1.54) is 0 Å². The molecule has 0 aromatic heterocycles. The minimum atomic E-state index is -1.24. The van der Waals surface area contributed by atoms with Crippen molar-refractivity contribution in [1.82, 2.24) is 0 Å². The van der Waals surface area contributed by atoms with Crippen LogP contribution in [-0.2, 0) is 0 Å². The third kappa shape index (κ3) is 6.77. The molecule has 1 atom stereocenters. The van der Waals surface area contributed by atoms with E-state index >= 15 is 0 Å². The van der Waals surface area contributed by atoms with E-state index < -0.39 is 8.67 Å². The lowest BCUT2D eigenvalue weighted by molar-refractivity contribution is 0.624. The zero-order valence-electron chi connectivity index (χ0n) is 6.17. The highest BCUT2D eigenvalue weighted by Gasteiger charge is 2.32. The van der Waals surface area contributed by atoms with E-state index in [1.807, 2.05) is 13.8 Å². The second-order valence-electron chi connectivity index (χ2n) is 2.85. The van der Waals surface area contributed by atoms with Gasteiger partial charge in [0.05, 0.1) is 4.87 Å². The molecule has 5 heteroatoms. The molecule has 1 unspecified atom stereocenters. The molecule has 0 rings (SSSR count). The molecule has 0 spiro atoms. The predicted molar refractivity (Wildman–Crippen MR) is 57.6 cm³/mol. The molecule has 0 N–H and O–H groups in total. The Hall–Kier alpha value is 1.64. The Morgan fingerprint density at radius 1 is 1.18 bits per heavy atom. The number of alkyl halides is 5. The van der Waals surface area contributed by atoms with E-state index in [0.29, 0.717) is 6.42 Å². The van der Waals surface area contributed by atoms with Crippen molar-refractivity contribution in [3.05, 3.63) is 0 Å². The molecule has 0 heterocycles. The molecule has 0 aliphatic rings. The topological polar surface area (TPSA) is 0 Å². The molecule has 0 bridgehead atoms. The summed E-state index contributed by atoms with van der Waals surface area (Å²) in [6.45, 7) is 3.73. The fourth-order valence-electron chi connectivity index (χ4n) is 0.446. The highest BCUT2D eigenvalue weighted by Crippen LogP contribution is 2.38. The molecule has 68 valence electrons. The first-order valence-corrected chi connectivity index (χ1v) is 5.45. The number of halogens is 5. The zero-order valence-corrected chi connectivity index (χ0v) is 10.8. The lowest BCUT2D eigenvalue weighted by Crippen LogP contribution is -2.28. The quantitative estimate of drug-likeness (QED) is 0.658. The van der Waals surface area contributed by atoms with Gasteiger partial charge in [-0.2, -0.15) is 0 Å². The van der Waals surface area contributed by atoms with Gasteiger partial charge >= 0.3 is 0 Å². The molecule has 0 nitrogen and oxygen atoms in total. The monoisotopic (exact) mass is 300 g/mol. The number of hydrogen-bond donors (Lipinski definition) is 0. The van der Waals surface area contributed by atoms with Crippen LogP contribution in [0.4, 0.5) is 0 Å². The molecule has 0 amide bonds. The average molecular weight is 303 g/mol.